The van der Waals surface area contributed by atoms with Crippen LogP contribution in [0.2, 0.25) is 0 Å². The molecule has 5 nitrogen and oxygen atoms in total. The number of thiazole rings is 1. The van der Waals surface area contributed by atoms with E-state index in [1.54, 1.807) is 11.3 Å². The van der Waals surface area contributed by atoms with Crippen LogP contribution in [0.4, 0.5) is 11.5 Å². The quantitative estimate of drug-likeness (QED) is 0.484. The lowest BCUT2D eigenvalue weighted by molar-refractivity contribution is 0.0953. The molecule has 2 aromatic heterocycles. The van der Waals surface area contributed by atoms with Crippen molar-refractivity contribution < 1.29 is 4.79 Å². The zero-order valence-electron chi connectivity index (χ0n) is 16.7. The summed E-state index contributed by atoms with van der Waals surface area (Å²) in [5.41, 5.74) is 5.92. The van der Waals surface area contributed by atoms with Crippen molar-refractivity contribution >= 4 is 38.8 Å². The van der Waals surface area contributed by atoms with Gasteiger partial charge in [0.05, 0.1) is 21.5 Å². The van der Waals surface area contributed by atoms with Crippen molar-refractivity contribution in [1.82, 2.24) is 14.8 Å². The van der Waals surface area contributed by atoms with Crippen molar-refractivity contribution in [3.63, 3.8) is 0 Å². The van der Waals surface area contributed by atoms with E-state index in [1.165, 1.54) is 11.1 Å². The Bertz CT molecular complexity index is 1200. The van der Waals surface area contributed by atoms with Gasteiger partial charge in [0.15, 0.2) is 11.6 Å². The minimum Gasteiger partial charge on any atom is -0.338 e. The molecule has 0 spiro atoms. The summed E-state index contributed by atoms with van der Waals surface area (Å²) < 4.78 is 2.99. The molecule has 1 atom stereocenters. The highest BCUT2D eigenvalue weighted by molar-refractivity contribution is 7.20. The standard InChI is InChI=1S/C23H22N4OS/c1-13-8-14(2)10-16(9-13)24-22-21-18(11-15(3)12-19(21)28)27(26-22)23-25-17-6-4-5-7-20(17)29-23/h4-10,15H,11-12H2,1-3H3,(H,24,26). The summed E-state index contributed by atoms with van der Waals surface area (Å²) in [6.07, 6.45) is 1.37. The molecule has 0 saturated heterocycles. The number of rotatable bonds is 3. The molecule has 6 heteroatoms. The number of Topliss-reactive ketones (excluding diaryl/α,β-unsaturated/α-hetero) is 1. The van der Waals surface area contributed by atoms with E-state index >= 15 is 0 Å². The highest BCUT2D eigenvalue weighted by Crippen LogP contribution is 2.35. The smallest absolute Gasteiger partial charge is 0.211 e. The zero-order chi connectivity index (χ0) is 20.1. The van der Waals surface area contributed by atoms with E-state index in [0.717, 1.165) is 33.2 Å². The second-order valence-corrected chi connectivity index (χ2v) is 8.99. The Morgan fingerprint density at radius 2 is 1.86 bits per heavy atom. The molecule has 0 bridgehead atoms. The fraction of sp³-hybridized carbons (Fsp3) is 0.261. The van der Waals surface area contributed by atoms with Gasteiger partial charge in [-0.15, -0.1) is 5.10 Å². The largest absolute Gasteiger partial charge is 0.338 e. The Morgan fingerprint density at radius 3 is 2.62 bits per heavy atom. The van der Waals surface area contributed by atoms with Crippen LogP contribution in [-0.4, -0.2) is 20.5 Å². The number of ketones is 1. The van der Waals surface area contributed by atoms with Gasteiger partial charge >= 0.3 is 0 Å². The molecule has 0 fully saturated rings. The van der Waals surface area contributed by atoms with Gasteiger partial charge in [-0.2, -0.15) is 0 Å². The maximum atomic E-state index is 12.9. The van der Waals surface area contributed by atoms with Crippen LogP contribution in [0, 0.1) is 19.8 Å². The van der Waals surface area contributed by atoms with Crippen LogP contribution in [0.3, 0.4) is 0 Å². The molecule has 0 saturated carbocycles. The van der Waals surface area contributed by atoms with Gasteiger partial charge in [-0.05, 0) is 61.6 Å². The summed E-state index contributed by atoms with van der Waals surface area (Å²) in [5.74, 6) is 1.08. The van der Waals surface area contributed by atoms with E-state index in [9.17, 15) is 4.79 Å². The third-order valence-corrected chi connectivity index (χ3v) is 6.30. The molecule has 1 aliphatic rings. The molecule has 1 unspecified atom stereocenters. The Labute approximate surface area is 173 Å². The van der Waals surface area contributed by atoms with E-state index in [4.69, 9.17) is 10.1 Å². The fourth-order valence-corrected chi connectivity index (χ4v) is 5.08. The molecular weight excluding hydrogens is 380 g/mol. The number of anilines is 2. The first-order valence-corrected chi connectivity index (χ1v) is 10.7. The number of nitrogens with zero attached hydrogens (tertiary/aromatic N) is 3. The van der Waals surface area contributed by atoms with Gasteiger partial charge < -0.3 is 5.32 Å². The number of aromatic nitrogens is 3. The second kappa shape index (κ2) is 6.81. The third kappa shape index (κ3) is 3.23. The average Bonchev–Trinajstić information content (AvgIpc) is 3.22. The van der Waals surface area contributed by atoms with Gasteiger partial charge in [-0.25, -0.2) is 9.67 Å². The fourth-order valence-electron chi connectivity index (χ4n) is 4.14. The molecule has 4 aromatic rings. The molecule has 0 aliphatic heterocycles. The van der Waals surface area contributed by atoms with Crippen LogP contribution in [0.5, 0.6) is 0 Å². The molecule has 146 valence electrons. The highest BCUT2D eigenvalue weighted by atomic mass is 32.1. The van der Waals surface area contributed by atoms with Crippen molar-refractivity contribution in [3.05, 3.63) is 64.8 Å². The van der Waals surface area contributed by atoms with Crippen LogP contribution in [0.1, 0.15) is 40.5 Å². The number of fused-ring (bicyclic) bond motifs is 2. The normalized spacial score (nSPS) is 16.2. The Hall–Kier alpha value is -2.99. The first-order valence-electron chi connectivity index (χ1n) is 9.84. The number of carbonyl (C=O) groups is 1. The summed E-state index contributed by atoms with van der Waals surface area (Å²) >= 11 is 1.60. The van der Waals surface area contributed by atoms with Gasteiger partial charge in [-0.3, -0.25) is 4.79 Å². The van der Waals surface area contributed by atoms with Gasteiger partial charge in [0, 0.05) is 12.1 Å². The van der Waals surface area contributed by atoms with E-state index in [-0.39, 0.29) is 5.78 Å². The summed E-state index contributed by atoms with van der Waals surface area (Å²) in [4.78, 5) is 17.7. The van der Waals surface area contributed by atoms with Crippen molar-refractivity contribution in [2.45, 2.75) is 33.6 Å². The second-order valence-electron chi connectivity index (χ2n) is 7.98. The van der Waals surface area contributed by atoms with Crippen LogP contribution in [-0.2, 0) is 6.42 Å². The lowest BCUT2D eigenvalue weighted by Gasteiger charge is -2.18. The molecule has 2 aromatic carbocycles. The Balaban J connectivity index is 1.66. The first kappa shape index (κ1) is 18.1. The van der Waals surface area contributed by atoms with Crippen LogP contribution in [0.25, 0.3) is 15.3 Å². The highest BCUT2D eigenvalue weighted by Gasteiger charge is 2.32. The topological polar surface area (TPSA) is 59.8 Å². The van der Waals surface area contributed by atoms with E-state index in [2.05, 4.69) is 50.4 Å². The van der Waals surface area contributed by atoms with Crippen LogP contribution in [0.15, 0.2) is 42.5 Å². The molecular formula is C23H22N4OS. The number of hydrogen-bond acceptors (Lipinski definition) is 5. The minimum atomic E-state index is 0.151. The average molecular weight is 403 g/mol. The van der Waals surface area contributed by atoms with Crippen LogP contribution < -0.4 is 5.32 Å². The SMILES string of the molecule is Cc1cc(C)cc(Nc2nn(-c3nc4ccccc4s3)c3c2C(=O)CC(C)C3)c1. The maximum absolute atomic E-state index is 12.9. The molecule has 1 N–H and O–H groups in total. The predicted molar refractivity (Wildman–Crippen MR) is 118 cm³/mol. The molecule has 1 aliphatic carbocycles. The first-order chi connectivity index (χ1) is 14.0. The summed E-state index contributed by atoms with van der Waals surface area (Å²) in [5, 5.41) is 9.04. The van der Waals surface area contributed by atoms with Gasteiger partial charge in [-0.1, -0.05) is 36.5 Å². The van der Waals surface area contributed by atoms with Gasteiger partial charge in [0.1, 0.15) is 0 Å². The minimum absolute atomic E-state index is 0.151. The molecule has 0 amide bonds. The number of benzene rings is 2. The molecule has 2 heterocycles. The number of aryl methyl sites for hydroxylation is 2. The van der Waals surface area contributed by atoms with E-state index in [0.29, 0.717) is 23.7 Å². The Morgan fingerprint density at radius 1 is 1.10 bits per heavy atom. The van der Waals surface area contributed by atoms with E-state index in [1.807, 2.05) is 22.9 Å². The van der Waals surface area contributed by atoms with Crippen molar-refractivity contribution in [2.75, 3.05) is 5.32 Å². The number of hydrogen-bond donors (Lipinski definition) is 1. The monoisotopic (exact) mass is 402 g/mol. The summed E-state index contributed by atoms with van der Waals surface area (Å²) in [6.45, 7) is 6.26. The summed E-state index contributed by atoms with van der Waals surface area (Å²) in [6, 6.07) is 14.4. The third-order valence-electron chi connectivity index (χ3n) is 5.28. The lowest BCUT2D eigenvalue weighted by atomic mass is 9.88. The van der Waals surface area contributed by atoms with Crippen molar-refractivity contribution in [1.29, 1.82) is 0 Å². The van der Waals surface area contributed by atoms with Crippen LogP contribution >= 0.6 is 11.3 Å². The van der Waals surface area contributed by atoms with Gasteiger partial charge in [0.25, 0.3) is 0 Å². The number of carbonyl (C=O) groups excluding carboxylic acids is 1. The lowest BCUT2D eigenvalue weighted by Crippen LogP contribution is -2.19. The maximum Gasteiger partial charge on any atom is 0.211 e. The number of nitrogens with one attached hydrogen (secondary N) is 1. The van der Waals surface area contributed by atoms with Crippen molar-refractivity contribution in [3.8, 4) is 5.13 Å². The molecule has 0 radical (unpaired) electrons. The zero-order valence-corrected chi connectivity index (χ0v) is 17.5. The van der Waals surface area contributed by atoms with Crippen molar-refractivity contribution in [2.24, 2.45) is 5.92 Å². The summed E-state index contributed by atoms with van der Waals surface area (Å²) in [7, 11) is 0. The molecule has 29 heavy (non-hydrogen) atoms. The Kier molecular flexibility index (Phi) is 4.24. The van der Waals surface area contributed by atoms with Gasteiger partial charge in [0.2, 0.25) is 5.13 Å². The van der Waals surface area contributed by atoms with E-state index < -0.39 is 0 Å². The number of para-hydroxylation sites is 1. The molecule has 5 rings (SSSR count). The predicted octanol–water partition coefficient (Wildman–Crippen LogP) is 5.61.